The lowest BCUT2D eigenvalue weighted by atomic mass is 10.1. The van der Waals surface area contributed by atoms with Crippen LogP contribution in [0, 0.1) is 5.82 Å². The van der Waals surface area contributed by atoms with Crippen LogP contribution in [0.15, 0.2) is 54.7 Å². The van der Waals surface area contributed by atoms with Gasteiger partial charge >= 0.3 is 6.03 Å². The summed E-state index contributed by atoms with van der Waals surface area (Å²) < 4.78 is 21.5. The van der Waals surface area contributed by atoms with Crippen molar-refractivity contribution in [1.82, 2.24) is 24.8 Å². The van der Waals surface area contributed by atoms with Crippen LogP contribution in [0.1, 0.15) is 28.7 Å². The summed E-state index contributed by atoms with van der Waals surface area (Å²) in [6.07, 6.45) is 1.90. The number of carbonyl (C=O) groups excluding carboxylic acids is 2. The van der Waals surface area contributed by atoms with Gasteiger partial charge in [0.05, 0.1) is 11.2 Å². The second-order valence-corrected chi connectivity index (χ2v) is 10.5. The summed E-state index contributed by atoms with van der Waals surface area (Å²) in [7, 11) is 1.86. The summed E-state index contributed by atoms with van der Waals surface area (Å²) in [6.45, 7) is 2.34. The first kappa shape index (κ1) is 26.7. The van der Waals surface area contributed by atoms with Crippen molar-refractivity contribution in [3.8, 4) is 17.3 Å². The molecule has 0 aliphatic carbocycles. The van der Waals surface area contributed by atoms with Crippen LogP contribution < -0.4 is 20.7 Å². The Balaban J connectivity index is 1.12. The third-order valence-electron chi connectivity index (χ3n) is 7.35. The maximum Gasteiger partial charge on any atom is 0.329 e. The number of hydrogen-bond donors (Lipinski definition) is 2. The van der Waals surface area contributed by atoms with Crippen LogP contribution >= 0.6 is 11.6 Å². The number of fused-ring (bicyclic) bond motifs is 1. The first-order valence-electron chi connectivity index (χ1n) is 13.1. The zero-order valence-electron chi connectivity index (χ0n) is 22.2. The number of nitrogen functional groups attached to an aromatic ring is 1. The second kappa shape index (κ2) is 10.8. The molecule has 0 radical (unpaired) electrons. The Morgan fingerprint density at radius 1 is 1.12 bits per heavy atom. The molecule has 0 bridgehead atoms. The number of benzene rings is 2. The molecule has 0 spiro atoms. The molecular weight excluding hydrogens is 549 g/mol. The molecule has 0 atom stereocenters. The van der Waals surface area contributed by atoms with Crippen molar-refractivity contribution in [3.05, 3.63) is 87.8 Å². The fraction of sp³-hybridized carbons (Fsp3) is 0.241. The molecule has 10 nitrogen and oxygen atoms in total. The van der Waals surface area contributed by atoms with E-state index in [1.807, 2.05) is 23.7 Å². The number of imide groups is 1. The molecule has 41 heavy (non-hydrogen) atoms. The maximum atomic E-state index is 14.0. The Bertz CT molecular complexity index is 1650. The van der Waals surface area contributed by atoms with Gasteiger partial charge in [0.2, 0.25) is 11.8 Å². The molecule has 2 aromatic heterocycles. The third kappa shape index (κ3) is 5.33. The first-order chi connectivity index (χ1) is 19.8. The lowest BCUT2D eigenvalue weighted by Crippen LogP contribution is -2.50. The lowest BCUT2D eigenvalue weighted by Gasteiger charge is -2.26. The SMILES string of the molecule is Cn1c(N2CCC(=O)NC2=O)cnc1-c1ccc2c(c1)CN(Cc1ccc(OCc3c(F)cccc3Cl)nc1N)C2. The van der Waals surface area contributed by atoms with Crippen molar-refractivity contribution in [1.29, 1.82) is 0 Å². The smallest absolute Gasteiger partial charge is 0.329 e. The number of hydrogen-bond acceptors (Lipinski definition) is 7. The maximum absolute atomic E-state index is 14.0. The minimum atomic E-state index is -0.441. The number of nitrogens with zero attached hydrogens (tertiary/aromatic N) is 5. The normalized spacial score (nSPS) is 15.2. The van der Waals surface area contributed by atoms with E-state index in [-0.39, 0.29) is 24.5 Å². The van der Waals surface area contributed by atoms with Crippen molar-refractivity contribution < 1.29 is 18.7 Å². The van der Waals surface area contributed by atoms with Gasteiger partial charge in [-0.1, -0.05) is 29.8 Å². The van der Waals surface area contributed by atoms with E-state index in [2.05, 4.69) is 32.3 Å². The van der Waals surface area contributed by atoms with Crippen molar-refractivity contribution in [2.45, 2.75) is 32.7 Å². The van der Waals surface area contributed by atoms with E-state index in [0.717, 1.165) is 30.0 Å². The number of amides is 3. The largest absolute Gasteiger partial charge is 0.473 e. The topological polar surface area (TPSA) is 119 Å². The number of nitrogens with one attached hydrogen (secondary N) is 1. The number of halogens is 2. The van der Waals surface area contributed by atoms with Crippen molar-refractivity contribution in [2.75, 3.05) is 17.2 Å². The molecule has 1 fully saturated rings. The summed E-state index contributed by atoms with van der Waals surface area (Å²) in [5.41, 5.74) is 10.7. The third-order valence-corrected chi connectivity index (χ3v) is 7.71. The molecule has 4 aromatic rings. The number of carbonyl (C=O) groups is 2. The lowest BCUT2D eigenvalue weighted by molar-refractivity contribution is -0.120. The predicted molar refractivity (Wildman–Crippen MR) is 151 cm³/mol. The van der Waals surface area contributed by atoms with Gasteiger partial charge in [0.25, 0.3) is 0 Å². The average molecular weight is 576 g/mol. The number of urea groups is 1. The number of anilines is 2. The number of ether oxygens (including phenoxy) is 1. The van der Waals surface area contributed by atoms with Gasteiger partial charge in [-0.25, -0.2) is 14.2 Å². The quantitative estimate of drug-likeness (QED) is 0.335. The number of rotatable bonds is 7. The van der Waals surface area contributed by atoms with Crippen LogP contribution in [0.3, 0.4) is 0 Å². The van der Waals surface area contributed by atoms with Crippen LogP contribution in [0.25, 0.3) is 11.4 Å². The minimum Gasteiger partial charge on any atom is -0.473 e. The minimum absolute atomic E-state index is 0.0521. The molecule has 0 unspecified atom stereocenters. The summed E-state index contributed by atoms with van der Waals surface area (Å²) in [5.74, 6) is 1.29. The highest BCUT2D eigenvalue weighted by Gasteiger charge is 2.28. The molecule has 6 rings (SSSR count). The molecule has 0 saturated carbocycles. The zero-order valence-corrected chi connectivity index (χ0v) is 23.0. The zero-order chi connectivity index (χ0) is 28.7. The molecule has 3 amide bonds. The Kier molecular flexibility index (Phi) is 7.06. The Labute approximate surface area is 240 Å². The van der Waals surface area contributed by atoms with Gasteiger partial charge in [-0.05, 0) is 35.4 Å². The molecule has 2 aromatic carbocycles. The standard InChI is InChI=1S/C29H27ClFN7O3/c1-36-26(38-10-9-24(39)34-29(38)40)12-33-28(36)17-5-6-18-13-37(15-20(18)11-17)14-19-7-8-25(35-27(19)32)41-16-21-22(30)3-2-4-23(21)31/h2-8,11-12H,9-10,13-16H2,1H3,(H2,32,35)(H,34,39,40). The molecule has 4 heterocycles. The number of nitrogens with two attached hydrogens (primary N) is 1. The van der Waals surface area contributed by atoms with Gasteiger partial charge in [-0.2, -0.15) is 4.98 Å². The van der Waals surface area contributed by atoms with E-state index in [1.54, 1.807) is 24.4 Å². The van der Waals surface area contributed by atoms with Crippen molar-refractivity contribution >= 4 is 35.2 Å². The number of pyridine rings is 1. The summed E-state index contributed by atoms with van der Waals surface area (Å²) >= 11 is 6.08. The fourth-order valence-corrected chi connectivity index (χ4v) is 5.39. The first-order valence-corrected chi connectivity index (χ1v) is 13.4. The molecule has 3 N–H and O–H groups in total. The molecule has 12 heteroatoms. The second-order valence-electron chi connectivity index (χ2n) is 10.1. The number of aromatic nitrogens is 3. The van der Waals surface area contributed by atoms with Crippen molar-refractivity contribution in [2.24, 2.45) is 7.05 Å². The summed E-state index contributed by atoms with van der Waals surface area (Å²) in [5, 5.41) is 2.64. The van der Waals surface area contributed by atoms with Gasteiger partial charge < -0.3 is 15.0 Å². The molecule has 2 aliphatic heterocycles. The Morgan fingerprint density at radius 3 is 2.73 bits per heavy atom. The number of imidazole rings is 1. The van der Waals surface area contributed by atoms with E-state index in [4.69, 9.17) is 22.1 Å². The van der Waals surface area contributed by atoms with E-state index in [0.29, 0.717) is 35.6 Å². The average Bonchev–Trinajstić information content (AvgIpc) is 3.52. The van der Waals surface area contributed by atoms with E-state index in [9.17, 15) is 14.0 Å². The van der Waals surface area contributed by atoms with Gasteiger partial charge in [0, 0.05) is 62.4 Å². The Morgan fingerprint density at radius 2 is 1.95 bits per heavy atom. The van der Waals surface area contributed by atoms with Gasteiger partial charge in [-0.3, -0.25) is 19.9 Å². The van der Waals surface area contributed by atoms with E-state index >= 15 is 0 Å². The van der Waals surface area contributed by atoms with Crippen LogP contribution in [0.4, 0.5) is 20.8 Å². The van der Waals surface area contributed by atoms with E-state index in [1.165, 1.54) is 22.1 Å². The predicted octanol–water partition coefficient (Wildman–Crippen LogP) is 4.40. The van der Waals surface area contributed by atoms with Crippen LogP contribution in [-0.4, -0.2) is 37.9 Å². The van der Waals surface area contributed by atoms with Crippen molar-refractivity contribution in [3.63, 3.8) is 0 Å². The highest BCUT2D eigenvalue weighted by atomic mass is 35.5. The molecule has 210 valence electrons. The monoisotopic (exact) mass is 575 g/mol. The van der Waals surface area contributed by atoms with Crippen LogP contribution in [0.2, 0.25) is 5.02 Å². The summed E-state index contributed by atoms with van der Waals surface area (Å²) in [4.78, 5) is 36.5. The van der Waals surface area contributed by atoms with E-state index < -0.39 is 11.8 Å². The Hall–Kier alpha value is -4.48. The van der Waals surface area contributed by atoms with Crippen LogP contribution in [-0.2, 0) is 38.1 Å². The highest BCUT2D eigenvalue weighted by molar-refractivity contribution is 6.31. The molecular formula is C29H27ClFN7O3. The van der Waals surface area contributed by atoms with Gasteiger partial charge in [0.1, 0.15) is 29.9 Å². The molecule has 2 aliphatic rings. The van der Waals surface area contributed by atoms with Gasteiger partial charge in [0.15, 0.2) is 0 Å². The summed E-state index contributed by atoms with van der Waals surface area (Å²) in [6, 6.07) is 13.9. The highest BCUT2D eigenvalue weighted by Crippen LogP contribution is 2.31. The van der Waals surface area contributed by atoms with Gasteiger partial charge in [-0.15, -0.1) is 0 Å². The van der Waals surface area contributed by atoms with Crippen LogP contribution in [0.5, 0.6) is 5.88 Å². The fourth-order valence-electron chi connectivity index (χ4n) is 5.17. The molecule has 1 saturated heterocycles.